The maximum Gasteiger partial charge on any atom is 0.410 e. The van der Waals surface area contributed by atoms with E-state index < -0.39 is 0 Å². The summed E-state index contributed by atoms with van der Waals surface area (Å²) in [7, 11) is 0. The number of carbonyl (C=O) groups excluding carboxylic acids is 1. The number of amides is 1. The van der Waals surface area contributed by atoms with Gasteiger partial charge in [0, 0.05) is 19.3 Å². The van der Waals surface area contributed by atoms with Crippen molar-refractivity contribution in [2.24, 2.45) is 0 Å². The van der Waals surface area contributed by atoms with E-state index in [4.69, 9.17) is 4.74 Å². The predicted molar refractivity (Wildman–Crippen MR) is 104 cm³/mol. The van der Waals surface area contributed by atoms with E-state index in [-0.39, 0.29) is 25.3 Å². The van der Waals surface area contributed by atoms with Gasteiger partial charge in [0.05, 0.1) is 6.04 Å². The maximum atomic E-state index is 12.7. The van der Waals surface area contributed by atoms with Crippen molar-refractivity contribution in [3.8, 4) is 0 Å². The number of rotatable bonds is 5. The van der Waals surface area contributed by atoms with Crippen LogP contribution >= 0.6 is 0 Å². The van der Waals surface area contributed by atoms with Gasteiger partial charge in [-0.1, -0.05) is 30.3 Å². The highest BCUT2D eigenvalue weighted by molar-refractivity contribution is 5.71. The molecule has 0 unspecified atom stereocenters. The quantitative estimate of drug-likeness (QED) is 0.736. The van der Waals surface area contributed by atoms with Gasteiger partial charge in [0.1, 0.15) is 24.6 Å². The summed E-state index contributed by atoms with van der Waals surface area (Å²) in [5.74, 6) is 0.567. The molecule has 0 aliphatic carbocycles. The molecule has 1 saturated heterocycles. The van der Waals surface area contributed by atoms with Gasteiger partial charge in [-0.3, -0.25) is 0 Å². The van der Waals surface area contributed by atoms with Crippen LogP contribution in [0, 0.1) is 0 Å². The van der Waals surface area contributed by atoms with Crippen LogP contribution in [0.2, 0.25) is 0 Å². The van der Waals surface area contributed by atoms with E-state index in [2.05, 4.69) is 9.97 Å². The highest BCUT2D eigenvalue weighted by Gasteiger charge is 2.29. The molecule has 1 aliphatic heterocycles. The molecule has 1 aromatic carbocycles. The Kier molecular flexibility index (Phi) is 5.53. The summed E-state index contributed by atoms with van der Waals surface area (Å²) in [6.07, 6.45) is 4.33. The van der Waals surface area contributed by atoms with E-state index in [1.165, 1.54) is 0 Å². The lowest BCUT2D eigenvalue weighted by Gasteiger charge is -2.35. The van der Waals surface area contributed by atoms with Gasteiger partial charge in [-0.2, -0.15) is 0 Å². The molecular formula is C21H24N4O3. The van der Waals surface area contributed by atoms with E-state index in [0.717, 1.165) is 36.0 Å². The molecule has 1 aliphatic rings. The molecule has 1 N–H and O–H groups in total. The van der Waals surface area contributed by atoms with Crippen molar-refractivity contribution >= 4 is 17.3 Å². The van der Waals surface area contributed by atoms with Crippen molar-refractivity contribution < 1.29 is 14.6 Å². The second-order valence-electron chi connectivity index (χ2n) is 7.03. The average molecular weight is 380 g/mol. The molecule has 2 aromatic heterocycles. The minimum atomic E-state index is -0.295. The third kappa shape index (κ3) is 3.84. The summed E-state index contributed by atoms with van der Waals surface area (Å²) in [6, 6.07) is 13.4. The number of nitrogens with zero attached hydrogens (tertiary/aromatic N) is 4. The molecule has 7 nitrogen and oxygen atoms in total. The highest BCUT2D eigenvalue weighted by Crippen LogP contribution is 2.23. The Bertz CT molecular complexity index is 941. The van der Waals surface area contributed by atoms with Crippen LogP contribution in [0.5, 0.6) is 0 Å². The van der Waals surface area contributed by atoms with Crippen molar-refractivity contribution in [2.75, 3.05) is 6.54 Å². The lowest BCUT2D eigenvalue weighted by molar-refractivity contribution is 0.0636. The zero-order valence-corrected chi connectivity index (χ0v) is 15.7. The Balaban J connectivity index is 1.50. The third-order valence-corrected chi connectivity index (χ3v) is 5.18. The van der Waals surface area contributed by atoms with Crippen LogP contribution in [0.3, 0.4) is 0 Å². The van der Waals surface area contributed by atoms with Crippen molar-refractivity contribution in [2.45, 2.75) is 45.1 Å². The molecule has 146 valence electrons. The van der Waals surface area contributed by atoms with Crippen LogP contribution in [-0.2, 0) is 24.5 Å². The van der Waals surface area contributed by atoms with Gasteiger partial charge in [-0.05, 0) is 37.0 Å². The molecule has 7 heteroatoms. The SMILES string of the molecule is O=C(OCc1ccccc1)N1CCCC[C@H]1Cn1c(CO)nc2cccnc21. The predicted octanol–water partition coefficient (Wildman–Crippen LogP) is 3.11. The Morgan fingerprint density at radius 1 is 1.18 bits per heavy atom. The second-order valence-corrected chi connectivity index (χ2v) is 7.03. The normalized spacial score (nSPS) is 17.0. The third-order valence-electron chi connectivity index (χ3n) is 5.18. The summed E-state index contributed by atoms with van der Waals surface area (Å²) >= 11 is 0. The smallest absolute Gasteiger partial charge is 0.410 e. The Morgan fingerprint density at radius 2 is 2.04 bits per heavy atom. The summed E-state index contributed by atoms with van der Waals surface area (Å²) < 4.78 is 7.48. The van der Waals surface area contributed by atoms with E-state index >= 15 is 0 Å². The number of fused-ring (bicyclic) bond motifs is 1. The van der Waals surface area contributed by atoms with Crippen LogP contribution < -0.4 is 0 Å². The zero-order chi connectivity index (χ0) is 19.3. The largest absolute Gasteiger partial charge is 0.445 e. The summed E-state index contributed by atoms with van der Waals surface area (Å²) in [6.45, 7) is 1.32. The molecule has 0 spiro atoms. The number of carbonyl (C=O) groups is 1. The number of pyridine rings is 1. The summed E-state index contributed by atoms with van der Waals surface area (Å²) in [5, 5.41) is 9.72. The average Bonchev–Trinajstić information content (AvgIpc) is 3.11. The first-order valence-corrected chi connectivity index (χ1v) is 9.64. The number of imidazole rings is 1. The van der Waals surface area contributed by atoms with Gasteiger partial charge in [0.2, 0.25) is 0 Å². The number of benzene rings is 1. The van der Waals surface area contributed by atoms with Crippen LogP contribution in [0.25, 0.3) is 11.2 Å². The van der Waals surface area contributed by atoms with Gasteiger partial charge >= 0.3 is 6.09 Å². The fourth-order valence-electron chi connectivity index (χ4n) is 3.76. The monoisotopic (exact) mass is 380 g/mol. The topological polar surface area (TPSA) is 80.5 Å². The molecule has 0 bridgehead atoms. The highest BCUT2D eigenvalue weighted by atomic mass is 16.6. The minimum absolute atomic E-state index is 0.0123. The first-order chi connectivity index (χ1) is 13.8. The number of aliphatic hydroxyl groups excluding tert-OH is 1. The molecule has 3 aromatic rings. The van der Waals surface area contributed by atoms with Crippen LogP contribution in [0.1, 0.15) is 30.7 Å². The van der Waals surface area contributed by atoms with Crippen molar-refractivity contribution in [3.05, 3.63) is 60.0 Å². The number of likely N-dealkylation sites (tertiary alicyclic amines) is 1. The van der Waals surface area contributed by atoms with Crippen molar-refractivity contribution in [1.29, 1.82) is 0 Å². The number of piperidine rings is 1. The number of hydrogen-bond acceptors (Lipinski definition) is 5. The molecular weight excluding hydrogens is 356 g/mol. The lowest BCUT2D eigenvalue weighted by Crippen LogP contribution is -2.46. The molecule has 4 rings (SSSR count). The van der Waals surface area contributed by atoms with Crippen LogP contribution in [0.15, 0.2) is 48.7 Å². The number of aliphatic hydroxyl groups is 1. The maximum absolute atomic E-state index is 12.7. The van der Waals surface area contributed by atoms with Crippen LogP contribution in [-0.4, -0.2) is 43.2 Å². The number of ether oxygens (including phenoxy) is 1. The van der Waals surface area contributed by atoms with Crippen LogP contribution in [0.4, 0.5) is 4.79 Å². The second kappa shape index (κ2) is 8.39. The zero-order valence-electron chi connectivity index (χ0n) is 15.7. The van der Waals surface area contributed by atoms with Crippen molar-refractivity contribution in [1.82, 2.24) is 19.4 Å². The molecule has 0 saturated carbocycles. The van der Waals surface area contributed by atoms with E-state index in [1.54, 1.807) is 6.20 Å². The molecule has 28 heavy (non-hydrogen) atoms. The number of hydrogen-bond donors (Lipinski definition) is 1. The summed E-state index contributed by atoms with van der Waals surface area (Å²) in [4.78, 5) is 23.4. The first-order valence-electron chi connectivity index (χ1n) is 9.64. The Labute approximate surface area is 163 Å². The van der Waals surface area contributed by atoms with E-state index in [1.807, 2.05) is 51.9 Å². The molecule has 3 heterocycles. The van der Waals surface area contributed by atoms with E-state index in [9.17, 15) is 9.90 Å². The standard InChI is InChI=1S/C21H24N4O3/c26-14-19-23-18-10-6-11-22-20(18)25(19)13-17-9-4-5-12-24(17)21(27)28-15-16-7-2-1-3-8-16/h1-3,6-8,10-11,17,26H,4-5,9,12-15H2/t17-/m0/s1. The molecule has 1 atom stereocenters. The number of aromatic nitrogens is 3. The minimum Gasteiger partial charge on any atom is -0.445 e. The van der Waals surface area contributed by atoms with E-state index in [0.29, 0.717) is 18.9 Å². The summed E-state index contributed by atoms with van der Waals surface area (Å²) in [5.41, 5.74) is 2.45. The molecule has 1 fully saturated rings. The van der Waals surface area contributed by atoms with Crippen molar-refractivity contribution in [3.63, 3.8) is 0 Å². The molecule has 1 amide bonds. The lowest BCUT2D eigenvalue weighted by atomic mass is 10.0. The van der Waals surface area contributed by atoms with Gasteiger partial charge in [-0.15, -0.1) is 0 Å². The van der Waals surface area contributed by atoms with Gasteiger partial charge < -0.3 is 19.3 Å². The molecule has 0 radical (unpaired) electrons. The van der Waals surface area contributed by atoms with Gasteiger partial charge in [-0.25, -0.2) is 14.8 Å². The fraction of sp³-hybridized carbons (Fsp3) is 0.381. The van der Waals surface area contributed by atoms with Gasteiger partial charge in [0.15, 0.2) is 5.65 Å². The Morgan fingerprint density at radius 3 is 2.86 bits per heavy atom. The first kappa shape index (κ1) is 18.4. The Hall–Kier alpha value is -2.93. The fourth-order valence-corrected chi connectivity index (χ4v) is 3.76. The van der Waals surface area contributed by atoms with Gasteiger partial charge in [0.25, 0.3) is 0 Å².